The van der Waals surface area contributed by atoms with Crippen LogP contribution in [-0.4, -0.2) is 35.3 Å². The summed E-state index contributed by atoms with van der Waals surface area (Å²) in [4.78, 5) is 44.3. The van der Waals surface area contributed by atoms with Crippen molar-refractivity contribution in [3.63, 3.8) is 0 Å². The van der Waals surface area contributed by atoms with E-state index in [1.165, 1.54) is 13.0 Å². The highest BCUT2D eigenvalue weighted by Gasteiger charge is 2.20. The van der Waals surface area contributed by atoms with Gasteiger partial charge in [-0.05, 0) is 26.8 Å². The molecule has 1 rings (SSSR count). The van der Waals surface area contributed by atoms with E-state index < -0.39 is 23.0 Å². The molecular weight excluding hydrogens is 306 g/mol. The van der Waals surface area contributed by atoms with E-state index in [4.69, 9.17) is 4.74 Å². The normalized spacial score (nSPS) is 11.5. The molecule has 0 aromatic heterocycles. The number of amides is 3. The summed E-state index contributed by atoms with van der Waals surface area (Å²) in [5.41, 5.74) is -0.335. The van der Waals surface area contributed by atoms with Crippen LogP contribution in [0, 0.1) is 10.1 Å². The van der Waals surface area contributed by atoms with Crippen LogP contribution in [0.3, 0.4) is 0 Å². The second kappa shape index (κ2) is 7.87. The number of nitrogens with zero attached hydrogens (tertiary/aromatic N) is 1. The molecular formula is C14H17N3O6. The Balaban J connectivity index is 2.78. The summed E-state index contributed by atoms with van der Waals surface area (Å²) in [5.74, 6) is -0.698. The number of carbonyl (C=O) groups is 3. The molecule has 0 aliphatic carbocycles. The molecule has 0 unspecified atom stereocenters. The van der Waals surface area contributed by atoms with E-state index in [0.29, 0.717) is 6.29 Å². The zero-order chi connectivity index (χ0) is 17.6. The summed E-state index contributed by atoms with van der Waals surface area (Å²) in [5, 5.41) is 15.2. The maximum atomic E-state index is 11.8. The number of hydrogen-bond donors (Lipinski definition) is 2. The fourth-order valence-corrected chi connectivity index (χ4v) is 1.60. The third kappa shape index (κ3) is 5.38. The van der Waals surface area contributed by atoms with Crippen LogP contribution in [0.2, 0.25) is 0 Å². The first-order valence-electron chi connectivity index (χ1n) is 6.76. The molecule has 9 nitrogen and oxygen atoms in total. The lowest BCUT2D eigenvalue weighted by molar-refractivity contribution is -0.384. The van der Waals surface area contributed by atoms with E-state index in [1.807, 2.05) is 0 Å². The van der Waals surface area contributed by atoms with E-state index >= 15 is 0 Å². The van der Waals surface area contributed by atoms with Crippen LogP contribution in [0.1, 0.15) is 31.1 Å². The number of ether oxygens (including phenoxy) is 1. The molecule has 3 amide bonds. The van der Waals surface area contributed by atoms with Crippen molar-refractivity contribution < 1.29 is 24.0 Å². The average molecular weight is 323 g/mol. The van der Waals surface area contributed by atoms with Gasteiger partial charge in [-0.2, -0.15) is 0 Å². The highest BCUT2D eigenvalue weighted by atomic mass is 16.6. The van der Waals surface area contributed by atoms with Gasteiger partial charge in [-0.25, -0.2) is 4.79 Å². The molecule has 124 valence electrons. The first kappa shape index (κ1) is 18.1. The fourth-order valence-electron chi connectivity index (χ4n) is 1.60. The Kier molecular flexibility index (Phi) is 6.19. The Hall–Kier alpha value is -2.97. The molecule has 0 heterocycles. The number of nitro benzene ring substituents is 1. The highest BCUT2D eigenvalue weighted by Crippen LogP contribution is 2.23. The number of hydrogen-bond acceptors (Lipinski definition) is 6. The van der Waals surface area contributed by atoms with Crippen molar-refractivity contribution in [1.82, 2.24) is 10.6 Å². The second-order valence-electron chi connectivity index (χ2n) is 4.97. The predicted molar refractivity (Wildman–Crippen MR) is 80.4 cm³/mol. The Morgan fingerprint density at radius 1 is 1.30 bits per heavy atom. The zero-order valence-electron chi connectivity index (χ0n) is 12.9. The van der Waals surface area contributed by atoms with Crippen molar-refractivity contribution in [2.75, 3.05) is 0 Å². The van der Waals surface area contributed by atoms with Gasteiger partial charge < -0.3 is 10.1 Å². The molecule has 0 saturated heterocycles. The quantitative estimate of drug-likeness (QED) is 0.463. The molecule has 0 saturated carbocycles. The number of rotatable bonds is 6. The first-order valence-corrected chi connectivity index (χ1v) is 6.76. The summed E-state index contributed by atoms with van der Waals surface area (Å²) in [7, 11) is 0. The minimum absolute atomic E-state index is 0.0116. The first-order chi connectivity index (χ1) is 10.7. The molecule has 1 atom stereocenters. The summed E-state index contributed by atoms with van der Waals surface area (Å²) >= 11 is 0. The van der Waals surface area contributed by atoms with E-state index in [0.717, 1.165) is 12.1 Å². The van der Waals surface area contributed by atoms with E-state index in [1.54, 1.807) is 13.8 Å². The highest BCUT2D eigenvalue weighted by molar-refractivity contribution is 5.96. The van der Waals surface area contributed by atoms with Gasteiger partial charge in [-0.3, -0.25) is 25.0 Å². The molecule has 0 radical (unpaired) electrons. The molecule has 23 heavy (non-hydrogen) atoms. The molecule has 1 aromatic rings. The van der Waals surface area contributed by atoms with Gasteiger partial charge in [0.05, 0.1) is 10.5 Å². The summed E-state index contributed by atoms with van der Waals surface area (Å²) in [6.45, 7) is 4.85. The van der Waals surface area contributed by atoms with Crippen molar-refractivity contribution in [1.29, 1.82) is 0 Å². The van der Waals surface area contributed by atoms with E-state index in [-0.39, 0.29) is 23.0 Å². The molecule has 0 bridgehead atoms. The second-order valence-corrected chi connectivity index (χ2v) is 4.97. The topological polar surface area (TPSA) is 128 Å². The number of nitro groups is 1. The molecule has 9 heteroatoms. The van der Waals surface area contributed by atoms with Crippen LogP contribution in [0.4, 0.5) is 10.5 Å². The van der Waals surface area contributed by atoms with Gasteiger partial charge in [0.1, 0.15) is 5.75 Å². The maximum Gasteiger partial charge on any atom is 0.321 e. The molecule has 0 fully saturated rings. The van der Waals surface area contributed by atoms with Crippen molar-refractivity contribution in [3.8, 4) is 5.75 Å². The number of imide groups is 1. The Bertz CT molecular complexity index is 629. The number of carbonyl (C=O) groups excluding carboxylic acids is 3. The van der Waals surface area contributed by atoms with Crippen LogP contribution >= 0.6 is 0 Å². The summed E-state index contributed by atoms with van der Waals surface area (Å²) in [6.07, 6.45) is -0.689. The largest absolute Gasteiger partial charge is 0.480 e. The Morgan fingerprint density at radius 2 is 1.96 bits per heavy atom. The van der Waals surface area contributed by atoms with E-state index in [2.05, 4.69) is 10.6 Å². The summed E-state index contributed by atoms with van der Waals surface area (Å²) < 4.78 is 5.29. The fraction of sp³-hybridized carbons (Fsp3) is 0.357. The van der Waals surface area contributed by atoms with Gasteiger partial charge in [-0.1, -0.05) is 0 Å². The minimum Gasteiger partial charge on any atom is -0.480 e. The van der Waals surface area contributed by atoms with Gasteiger partial charge in [-0.15, -0.1) is 0 Å². The molecule has 0 aliphatic rings. The smallest absolute Gasteiger partial charge is 0.321 e. The molecule has 0 spiro atoms. The average Bonchev–Trinajstić information content (AvgIpc) is 2.46. The summed E-state index contributed by atoms with van der Waals surface area (Å²) in [6, 6.07) is 2.60. The van der Waals surface area contributed by atoms with Crippen LogP contribution < -0.4 is 15.4 Å². The van der Waals surface area contributed by atoms with Crippen molar-refractivity contribution in [2.45, 2.75) is 32.9 Å². The number of benzene rings is 1. The lowest BCUT2D eigenvalue weighted by Crippen LogP contribution is -2.47. The van der Waals surface area contributed by atoms with Gasteiger partial charge in [0.15, 0.2) is 12.4 Å². The van der Waals surface area contributed by atoms with E-state index in [9.17, 15) is 24.5 Å². The van der Waals surface area contributed by atoms with Crippen LogP contribution in [0.5, 0.6) is 5.75 Å². The predicted octanol–water partition coefficient (Wildman–Crippen LogP) is 1.41. The Labute approximate surface area is 132 Å². The maximum absolute atomic E-state index is 11.8. The van der Waals surface area contributed by atoms with Crippen LogP contribution in [-0.2, 0) is 4.79 Å². The van der Waals surface area contributed by atoms with Gasteiger partial charge in [0, 0.05) is 18.2 Å². The monoisotopic (exact) mass is 323 g/mol. The Morgan fingerprint density at radius 3 is 2.48 bits per heavy atom. The van der Waals surface area contributed by atoms with Gasteiger partial charge in [0.25, 0.3) is 11.6 Å². The lowest BCUT2D eigenvalue weighted by atomic mass is 10.2. The van der Waals surface area contributed by atoms with Gasteiger partial charge in [0.2, 0.25) is 0 Å². The SMILES string of the molecule is CC(C)NC(=O)NC(=O)[C@@H](C)Oc1ccc([N+](=O)[O-])cc1C=O. The van der Waals surface area contributed by atoms with Gasteiger partial charge >= 0.3 is 6.03 Å². The molecule has 2 N–H and O–H groups in total. The van der Waals surface area contributed by atoms with Crippen molar-refractivity contribution >= 4 is 23.9 Å². The van der Waals surface area contributed by atoms with Crippen LogP contribution in [0.25, 0.3) is 0 Å². The van der Waals surface area contributed by atoms with Crippen molar-refractivity contribution in [2.24, 2.45) is 0 Å². The molecule has 1 aromatic carbocycles. The third-order valence-corrected chi connectivity index (χ3v) is 2.66. The zero-order valence-corrected chi connectivity index (χ0v) is 12.9. The molecule has 0 aliphatic heterocycles. The third-order valence-electron chi connectivity index (χ3n) is 2.66. The number of non-ortho nitro benzene ring substituents is 1. The van der Waals surface area contributed by atoms with Crippen molar-refractivity contribution in [3.05, 3.63) is 33.9 Å². The lowest BCUT2D eigenvalue weighted by Gasteiger charge is -2.16. The number of aldehydes is 1. The van der Waals surface area contributed by atoms with Crippen LogP contribution in [0.15, 0.2) is 18.2 Å². The number of nitrogens with one attached hydrogen (secondary N) is 2. The standard InChI is InChI=1S/C14H17N3O6/c1-8(2)15-14(20)16-13(19)9(3)23-12-5-4-11(17(21)22)6-10(12)7-18/h4-9H,1-3H3,(H2,15,16,19,20)/t9-/m1/s1. The minimum atomic E-state index is -1.08. The number of urea groups is 1.